The van der Waals surface area contributed by atoms with E-state index in [9.17, 15) is 14.9 Å². The Bertz CT molecular complexity index is 542. The van der Waals surface area contributed by atoms with Gasteiger partial charge in [-0.15, -0.1) is 0 Å². The summed E-state index contributed by atoms with van der Waals surface area (Å²) in [4.78, 5) is 26.1. The molecule has 1 unspecified atom stereocenters. The number of ether oxygens (including phenoxy) is 1. The van der Waals surface area contributed by atoms with Gasteiger partial charge in [0.25, 0.3) is 0 Å². The minimum atomic E-state index is -1.60. The van der Waals surface area contributed by atoms with E-state index >= 15 is 0 Å². The molecule has 1 aromatic rings. The van der Waals surface area contributed by atoms with Crippen LogP contribution in [0.3, 0.4) is 0 Å². The molecule has 7 nitrogen and oxygen atoms in total. The molecular weight excluding hydrogens is 250 g/mol. The summed E-state index contributed by atoms with van der Waals surface area (Å²) in [5.41, 5.74) is 0.735. The SMILES string of the molecule is Cc1ccccc1OC(=O)C(C1=NCCN1)[N+](=O)[O-]. The number of para-hydroxylation sites is 1. The average Bonchev–Trinajstić information content (AvgIpc) is 2.85. The summed E-state index contributed by atoms with van der Waals surface area (Å²) < 4.78 is 5.08. The van der Waals surface area contributed by atoms with Crippen molar-refractivity contribution in [1.29, 1.82) is 0 Å². The number of carbonyl (C=O) groups excluding carboxylic acids is 1. The predicted molar refractivity (Wildman–Crippen MR) is 67.9 cm³/mol. The highest BCUT2D eigenvalue weighted by molar-refractivity contribution is 6.04. The lowest BCUT2D eigenvalue weighted by Gasteiger charge is -2.10. The highest BCUT2D eigenvalue weighted by Gasteiger charge is 2.39. The fraction of sp³-hybridized carbons (Fsp3) is 0.333. The maximum absolute atomic E-state index is 11.9. The van der Waals surface area contributed by atoms with Crippen molar-refractivity contribution in [3.63, 3.8) is 0 Å². The molecule has 0 amide bonds. The van der Waals surface area contributed by atoms with Gasteiger partial charge in [-0.2, -0.15) is 0 Å². The highest BCUT2D eigenvalue weighted by Crippen LogP contribution is 2.17. The lowest BCUT2D eigenvalue weighted by molar-refractivity contribution is -0.491. The van der Waals surface area contributed by atoms with E-state index in [-0.39, 0.29) is 5.84 Å². The minimum absolute atomic E-state index is 0.0589. The summed E-state index contributed by atoms with van der Waals surface area (Å²) >= 11 is 0. The molecule has 0 fully saturated rings. The quantitative estimate of drug-likeness (QED) is 0.370. The van der Waals surface area contributed by atoms with Crippen molar-refractivity contribution in [2.45, 2.75) is 13.0 Å². The maximum atomic E-state index is 11.9. The number of nitrogens with zero attached hydrogens (tertiary/aromatic N) is 2. The molecule has 1 aliphatic heterocycles. The van der Waals surface area contributed by atoms with Gasteiger partial charge in [0.2, 0.25) is 0 Å². The topological polar surface area (TPSA) is 93.8 Å². The predicted octanol–water partition coefficient (Wildman–Crippen LogP) is 0.547. The van der Waals surface area contributed by atoms with Gasteiger partial charge in [0, 0.05) is 11.5 Å². The summed E-state index contributed by atoms with van der Waals surface area (Å²) in [6, 6.07) is 5.24. The molecule has 0 saturated heterocycles. The van der Waals surface area contributed by atoms with Crippen LogP contribution in [0, 0.1) is 17.0 Å². The number of aryl methyl sites for hydroxylation is 1. The number of nitrogens with one attached hydrogen (secondary N) is 1. The minimum Gasteiger partial charge on any atom is -0.421 e. The van der Waals surface area contributed by atoms with Crippen molar-refractivity contribution in [3.05, 3.63) is 39.9 Å². The van der Waals surface area contributed by atoms with Gasteiger partial charge in [-0.25, -0.2) is 4.79 Å². The Morgan fingerprint density at radius 1 is 1.53 bits per heavy atom. The Hall–Kier alpha value is -2.44. The number of hydrogen-bond donors (Lipinski definition) is 1. The van der Waals surface area contributed by atoms with Crippen LogP contribution in [0.2, 0.25) is 0 Å². The van der Waals surface area contributed by atoms with Crippen LogP contribution in [-0.4, -0.2) is 35.9 Å². The monoisotopic (exact) mass is 263 g/mol. The van der Waals surface area contributed by atoms with Crippen LogP contribution in [0.5, 0.6) is 5.75 Å². The molecule has 0 aromatic heterocycles. The zero-order valence-corrected chi connectivity index (χ0v) is 10.3. The van der Waals surface area contributed by atoms with Gasteiger partial charge in [0.05, 0.1) is 6.54 Å². The molecule has 0 spiro atoms. The molecule has 1 aromatic carbocycles. The fourth-order valence-corrected chi connectivity index (χ4v) is 1.73. The van der Waals surface area contributed by atoms with Crippen molar-refractivity contribution in [3.8, 4) is 5.75 Å². The van der Waals surface area contributed by atoms with E-state index in [2.05, 4.69) is 10.3 Å². The molecule has 7 heteroatoms. The van der Waals surface area contributed by atoms with Crippen LogP contribution in [0.4, 0.5) is 0 Å². The summed E-state index contributed by atoms with van der Waals surface area (Å²) in [6.07, 6.45) is 0. The molecule has 1 aliphatic rings. The van der Waals surface area contributed by atoms with Gasteiger partial charge < -0.3 is 10.1 Å². The molecule has 2 rings (SSSR count). The number of aliphatic imine (C=N–C) groups is 1. The standard InChI is InChI=1S/C12H13N3O4/c1-8-4-2-3-5-9(8)19-12(16)10(15(17)18)11-13-6-7-14-11/h2-5,10H,6-7H2,1H3,(H,13,14). The second-order valence-electron chi connectivity index (χ2n) is 4.07. The first-order valence-corrected chi connectivity index (χ1v) is 5.78. The molecule has 19 heavy (non-hydrogen) atoms. The summed E-state index contributed by atoms with van der Waals surface area (Å²) in [6.45, 7) is 2.68. The van der Waals surface area contributed by atoms with Crippen molar-refractivity contribution in [1.82, 2.24) is 5.32 Å². The molecule has 1 heterocycles. The van der Waals surface area contributed by atoms with Gasteiger partial charge in [-0.3, -0.25) is 15.1 Å². The zero-order valence-electron chi connectivity index (χ0n) is 10.3. The lowest BCUT2D eigenvalue weighted by Crippen LogP contribution is -2.45. The molecule has 1 atom stereocenters. The van der Waals surface area contributed by atoms with Crippen molar-refractivity contribution < 1.29 is 14.5 Å². The summed E-state index contributed by atoms with van der Waals surface area (Å²) in [5.74, 6) is -0.561. The average molecular weight is 263 g/mol. The Kier molecular flexibility index (Phi) is 3.74. The maximum Gasteiger partial charge on any atom is 0.395 e. The van der Waals surface area contributed by atoms with Crippen LogP contribution >= 0.6 is 0 Å². The number of carbonyl (C=O) groups is 1. The first-order chi connectivity index (χ1) is 9.09. The molecule has 100 valence electrons. The zero-order chi connectivity index (χ0) is 13.8. The van der Waals surface area contributed by atoms with Crippen molar-refractivity contribution >= 4 is 11.8 Å². The smallest absolute Gasteiger partial charge is 0.395 e. The van der Waals surface area contributed by atoms with Gasteiger partial charge in [0.1, 0.15) is 5.75 Å². The second-order valence-corrected chi connectivity index (χ2v) is 4.07. The summed E-state index contributed by atoms with van der Waals surface area (Å²) in [7, 11) is 0. The van der Waals surface area contributed by atoms with Gasteiger partial charge in [-0.1, -0.05) is 18.2 Å². The van der Waals surface area contributed by atoms with Gasteiger partial charge in [-0.05, 0) is 18.6 Å². The van der Waals surface area contributed by atoms with Crippen LogP contribution in [0.1, 0.15) is 5.56 Å². The lowest BCUT2D eigenvalue weighted by atomic mass is 10.2. The van der Waals surface area contributed by atoms with E-state index in [0.29, 0.717) is 18.8 Å². The van der Waals surface area contributed by atoms with Gasteiger partial charge in [0.15, 0.2) is 5.84 Å². The molecule has 0 radical (unpaired) electrons. The number of hydrogen-bond acceptors (Lipinski definition) is 6. The molecule has 1 N–H and O–H groups in total. The second kappa shape index (κ2) is 5.47. The van der Waals surface area contributed by atoms with Gasteiger partial charge >= 0.3 is 12.0 Å². The first-order valence-electron chi connectivity index (χ1n) is 5.78. The molecular formula is C12H13N3O4. The van der Waals surface area contributed by atoms with Crippen LogP contribution in [0.25, 0.3) is 0 Å². The van der Waals surface area contributed by atoms with Crippen LogP contribution in [0.15, 0.2) is 29.3 Å². The van der Waals surface area contributed by atoms with Crippen LogP contribution < -0.4 is 10.1 Å². The largest absolute Gasteiger partial charge is 0.421 e. The normalized spacial score (nSPS) is 15.3. The molecule has 0 aliphatic carbocycles. The highest BCUT2D eigenvalue weighted by atomic mass is 16.6. The van der Waals surface area contributed by atoms with E-state index < -0.39 is 16.9 Å². The third-order valence-corrected chi connectivity index (χ3v) is 2.70. The third-order valence-electron chi connectivity index (χ3n) is 2.70. The fourth-order valence-electron chi connectivity index (χ4n) is 1.73. The number of benzene rings is 1. The van der Waals surface area contributed by atoms with E-state index in [4.69, 9.17) is 4.74 Å². The number of esters is 1. The summed E-state index contributed by atoms with van der Waals surface area (Å²) in [5, 5.41) is 13.7. The Labute approximate surface area is 109 Å². The van der Waals surface area contributed by atoms with E-state index in [0.717, 1.165) is 5.56 Å². The number of rotatable bonds is 4. The van der Waals surface area contributed by atoms with Crippen molar-refractivity contribution in [2.75, 3.05) is 13.1 Å². The van der Waals surface area contributed by atoms with E-state index in [1.807, 2.05) is 0 Å². The third kappa shape index (κ3) is 2.87. The number of nitro groups is 1. The Balaban J connectivity index is 2.17. The Morgan fingerprint density at radius 3 is 2.84 bits per heavy atom. The Morgan fingerprint density at radius 2 is 2.26 bits per heavy atom. The van der Waals surface area contributed by atoms with E-state index in [1.54, 1.807) is 31.2 Å². The first kappa shape index (κ1) is 13.0. The van der Waals surface area contributed by atoms with Crippen LogP contribution in [-0.2, 0) is 4.79 Å². The number of amidine groups is 1. The van der Waals surface area contributed by atoms with Crippen molar-refractivity contribution in [2.24, 2.45) is 4.99 Å². The molecule has 0 bridgehead atoms. The van der Waals surface area contributed by atoms with E-state index in [1.165, 1.54) is 0 Å². The molecule has 0 saturated carbocycles.